The lowest BCUT2D eigenvalue weighted by Gasteiger charge is -2.21. The standard InChI is InChI=1S/C22H30BrN3O5/c1-3-29-13-5-11-24-21(27)19-16-31-20(25-19)15-26(12-6-14-30-4-2)22(28)17-7-9-18(23)10-8-17/h7-10,16H,3-6,11-15H2,1-2H3,(H,24,27). The first-order valence-corrected chi connectivity index (χ1v) is 11.3. The number of nitrogens with one attached hydrogen (secondary N) is 1. The second-order valence-corrected chi connectivity index (χ2v) is 7.63. The Balaban J connectivity index is 1.98. The summed E-state index contributed by atoms with van der Waals surface area (Å²) in [6, 6.07) is 7.17. The Morgan fingerprint density at radius 3 is 2.45 bits per heavy atom. The Bertz CT molecular complexity index is 810. The minimum atomic E-state index is -0.311. The molecule has 8 nitrogen and oxygen atoms in total. The van der Waals surface area contributed by atoms with Gasteiger partial charge in [0.1, 0.15) is 6.26 Å². The fourth-order valence-electron chi connectivity index (χ4n) is 2.79. The molecule has 0 atom stereocenters. The number of aromatic nitrogens is 1. The molecule has 2 rings (SSSR count). The van der Waals surface area contributed by atoms with Crippen LogP contribution in [0.3, 0.4) is 0 Å². The summed E-state index contributed by atoms with van der Waals surface area (Å²) in [5.41, 5.74) is 0.759. The van der Waals surface area contributed by atoms with Gasteiger partial charge in [0, 0.05) is 49.6 Å². The predicted molar refractivity (Wildman–Crippen MR) is 120 cm³/mol. The average Bonchev–Trinajstić information content (AvgIpc) is 3.24. The maximum Gasteiger partial charge on any atom is 0.273 e. The van der Waals surface area contributed by atoms with Crippen LogP contribution in [-0.2, 0) is 16.0 Å². The van der Waals surface area contributed by atoms with Crippen molar-refractivity contribution in [1.82, 2.24) is 15.2 Å². The van der Waals surface area contributed by atoms with E-state index in [1.54, 1.807) is 17.0 Å². The zero-order chi connectivity index (χ0) is 22.5. The van der Waals surface area contributed by atoms with Gasteiger partial charge in [-0.2, -0.15) is 0 Å². The molecule has 2 aromatic rings. The van der Waals surface area contributed by atoms with E-state index < -0.39 is 0 Å². The Hall–Kier alpha value is -2.23. The summed E-state index contributed by atoms with van der Waals surface area (Å²) in [5, 5.41) is 2.78. The molecule has 0 bridgehead atoms. The highest BCUT2D eigenvalue weighted by atomic mass is 79.9. The average molecular weight is 496 g/mol. The molecule has 9 heteroatoms. The number of halogens is 1. The zero-order valence-corrected chi connectivity index (χ0v) is 19.7. The molecule has 170 valence electrons. The molecule has 0 saturated heterocycles. The number of hydrogen-bond donors (Lipinski definition) is 1. The summed E-state index contributed by atoms with van der Waals surface area (Å²) in [4.78, 5) is 31.1. The number of carbonyl (C=O) groups is 2. The Morgan fingerprint density at radius 1 is 1.10 bits per heavy atom. The summed E-state index contributed by atoms with van der Waals surface area (Å²) in [7, 11) is 0. The van der Waals surface area contributed by atoms with Gasteiger partial charge in [0.15, 0.2) is 5.69 Å². The molecule has 0 aliphatic heterocycles. The van der Waals surface area contributed by atoms with Crippen molar-refractivity contribution in [3.63, 3.8) is 0 Å². The van der Waals surface area contributed by atoms with Crippen molar-refractivity contribution >= 4 is 27.7 Å². The zero-order valence-electron chi connectivity index (χ0n) is 18.1. The lowest BCUT2D eigenvalue weighted by molar-refractivity contribution is 0.0695. The molecule has 0 fully saturated rings. The van der Waals surface area contributed by atoms with Crippen molar-refractivity contribution in [2.75, 3.05) is 39.5 Å². The molecule has 0 aliphatic carbocycles. The van der Waals surface area contributed by atoms with E-state index in [9.17, 15) is 9.59 Å². The fraction of sp³-hybridized carbons (Fsp3) is 0.500. The molecule has 0 spiro atoms. The molecule has 0 aliphatic rings. The van der Waals surface area contributed by atoms with Crippen LogP contribution in [0.15, 0.2) is 39.4 Å². The van der Waals surface area contributed by atoms with Crippen LogP contribution in [0.5, 0.6) is 0 Å². The molecule has 0 radical (unpaired) electrons. The number of carbonyl (C=O) groups excluding carboxylic acids is 2. The van der Waals surface area contributed by atoms with Gasteiger partial charge >= 0.3 is 0 Å². The van der Waals surface area contributed by atoms with Gasteiger partial charge in [0.25, 0.3) is 11.8 Å². The number of hydrogen-bond acceptors (Lipinski definition) is 6. The third kappa shape index (κ3) is 8.80. The van der Waals surface area contributed by atoms with Crippen molar-refractivity contribution in [3.05, 3.63) is 52.1 Å². The number of rotatable bonds is 14. The van der Waals surface area contributed by atoms with E-state index in [-0.39, 0.29) is 24.1 Å². The number of nitrogens with zero attached hydrogens (tertiary/aromatic N) is 2. The third-order valence-corrected chi connectivity index (χ3v) is 4.89. The summed E-state index contributed by atoms with van der Waals surface area (Å²) in [6.45, 7) is 7.43. The second-order valence-electron chi connectivity index (χ2n) is 6.72. The van der Waals surface area contributed by atoms with Gasteiger partial charge < -0.3 is 24.1 Å². The molecule has 2 amide bonds. The molecule has 0 unspecified atom stereocenters. The second kappa shape index (κ2) is 14.0. The van der Waals surface area contributed by atoms with Crippen LogP contribution in [0.25, 0.3) is 0 Å². The summed E-state index contributed by atoms with van der Waals surface area (Å²) < 4.78 is 17.0. The van der Waals surface area contributed by atoms with Crippen LogP contribution < -0.4 is 5.32 Å². The van der Waals surface area contributed by atoms with Crippen LogP contribution in [0.1, 0.15) is 53.4 Å². The minimum Gasteiger partial charge on any atom is -0.446 e. The summed E-state index contributed by atoms with van der Waals surface area (Å²) >= 11 is 3.38. The van der Waals surface area contributed by atoms with Gasteiger partial charge in [-0.1, -0.05) is 15.9 Å². The lowest BCUT2D eigenvalue weighted by Crippen LogP contribution is -2.32. The fourth-order valence-corrected chi connectivity index (χ4v) is 3.06. The first-order valence-electron chi connectivity index (χ1n) is 10.5. The van der Waals surface area contributed by atoms with Crippen LogP contribution in [0.2, 0.25) is 0 Å². The highest BCUT2D eigenvalue weighted by Crippen LogP contribution is 2.15. The summed E-state index contributed by atoms with van der Waals surface area (Å²) in [6.07, 6.45) is 2.72. The van der Waals surface area contributed by atoms with Gasteiger partial charge in [-0.05, 0) is 51.0 Å². The number of benzene rings is 1. The molecule has 31 heavy (non-hydrogen) atoms. The van der Waals surface area contributed by atoms with Crippen LogP contribution >= 0.6 is 15.9 Å². The molecule has 1 heterocycles. The first-order chi connectivity index (χ1) is 15.0. The molecule has 0 saturated carbocycles. The van der Waals surface area contributed by atoms with E-state index in [0.717, 1.165) is 10.9 Å². The third-order valence-electron chi connectivity index (χ3n) is 4.36. The van der Waals surface area contributed by atoms with Crippen molar-refractivity contribution in [2.24, 2.45) is 0 Å². The minimum absolute atomic E-state index is 0.135. The van der Waals surface area contributed by atoms with Gasteiger partial charge in [0.2, 0.25) is 5.89 Å². The van der Waals surface area contributed by atoms with Crippen molar-refractivity contribution in [1.29, 1.82) is 0 Å². The van der Waals surface area contributed by atoms with E-state index >= 15 is 0 Å². The largest absolute Gasteiger partial charge is 0.446 e. The monoisotopic (exact) mass is 495 g/mol. The molecular weight excluding hydrogens is 466 g/mol. The van der Waals surface area contributed by atoms with E-state index in [2.05, 4.69) is 26.2 Å². The molecular formula is C22H30BrN3O5. The van der Waals surface area contributed by atoms with Crippen LogP contribution in [-0.4, -0.2) is 61.2 Å². The number of ether oxygens (including phenoxy) is 2. The Morgan fingerprint density at radius 2 is 1.77 bits per heavy atom. The van der Waals surface area contributed by atoms with Gasteiger partial charge in [-0.25, -0.2) is 4.98 Å². The highest BCUT2D eigenvalue weighted by molar-refractivity contribution is 9.10. The number of oxazole rings is 1. The molecule has 1 N–H and O–H groups in total. The predicted octanol–water partition coefficient (Wildman–Crippen LogP) is 3.66. The topological polar surface area (TPSA) is 93.9 Å². The normalized spacial score (nSPS) is 10.8. The van der Waals surface area contributed by atoms with E-state index in [1.807, 2.05) is 26.0 Å². The number of amides is 2. The molecule has 1 aromatic carbocycles. The maximum absolute atomic E-state index is 13.0. The van der Waals surface area contributed by atoms with Gasteiger partial charge in [-0.15, -0.1) is 0 Å². The van der Waals surface area contributed by atoms with Crippen LogP contribution in [0, 0.1) is 0 Å². The van der Waals surface area contributed by atoms with Crippen molar-refractivity contribution < 1.29 is 23.5 Å². The van der Waals surface area contributed by atoms with E-state index in [4.69, 9.17) is 13.9 Å². The Labute approximate surface area is 191 Å². The Kier molecular flexibility index (Phi) is 11.3. The van der Waals surface area contributed by atoms with E-state index in [0.29, 0.717) is 57.4 Å². The summed E-state index contributed by atoms with van der Waals surface area (Å²) in [5.74, 6) is -0.140. The van der Waals surface area contributed by atoms with Gasteiger partial charge in [0.05, 0.1) is 6.54 Å². The smallest absolute Gasteiger partial charge is 0.273 e. The maximum atomic E-state index is 13.0. The lowest BCUT2D eigenvalue weighted by atomic mass is 10.2. The van der Waals surface area contributed by atoms with E-state index in [1.165, 1.54) is 6.26 Å². The van der Waals surface area contributed by atoms with Crippen molar-refractivity contribution in [3.8, 4) is 0 Å². The molecule has 1 aromatic heterocycles. The van der Waals surface area contributed by atoms with Crippen molar-refractivity contribution in [2.45, 2.75) is 33.2 Å². The quantitative estimate of drug-likeness (QED) is 0.402. The SMILES string of the molecule is CCOCCCNC(=O)c1coc(CN(CCCOCC)C(=O)c2ccc(Br)cc2)n1. The first kappa shape index (κ1) is 25.0. The van der Waals surface area contributed by atoms with Gasteiger partial charge in [-0.3, -0.25) is 9.59 Å². The highest BCUT2D eigenvalue weighted by Gasteiger charge is 2.20. The van der Waals surface area contributed by atoms with Crippen LogP contribution in [0.4, 0.5) is 0 Å².